The first-order valence-electron chi connectivity index (χ1n) is 8.28. The molecule has 0 bridgehead atoms. The molecular formula is C17H18N6O3S. The van der Waals surface area contributed by atoms with E-state index >= 15 is 0 Å². The summed E-state index contributed by atoms with van der Waals surface area (Å²) < 4.78 is 1.56. The molecular weight excluding hydrogens is 368 g/mol. The predicted molar refractivity (Wildman–Crippen MR) is 102 cm³/mol. The molecule has 0 unspecified atom stereocenters. The Morgan fingerprint density at radius 1 is 1.30 bits per heavy atom. The molecule has 9 nitrogen and oxygen atoms in total. The van der Waals surface area contributed by atoms with Gasteiger partial charge in [0.25, 0.3) is 5.56 Å². The van der Waals surface area contributed by atoms with Crippen molar-refractivity contribution in [2.75, 3.05) is 6.54 Å². The number of hydrogen-bond acceptors (Lipinski definition) is 6. The van der Waals surface area contributed by atoms with Crippen molar-refractivity contribution < 1.29 is 9.59 Å². The van der Waals surface area contributed by atoms with Gasteiger partial charge in [-0.15, -0.1) is 0 Å². The average Bonchev–Trinajstić information content (AvgIpc) is 3.07. The maximum absolute atomic E-state index is 12.3. The number of H-pyrrole nitrogens is 1. The topological polar surface area (TPSA) is 122 Å². The van der Waals surface area contributed by atoms with Crippen LogP contribution in [0.3, 0.4) is 0 Å². The van der Waals surface area contributed by atoms with Crippen molar-refractivity contribution >= 4 is 34.7 Å². The SMILES string of the molecule is CCNC(=O)NC(=O)[C@H](C)Sc1nc2c(cnn2-c2ccccc2)c(=O)[nH]1. The van der Waals surface area contributed by atoms with E-state index < -0.39 is 17.2 Å². The summed E-state index contributed by atoms with van der Waals surface area (Å²) in [6.45, 7) is 3.79. The van der Waals surface area contributed by atoms with Gasteiger partial charge in [0, 0.05) is 6.54 Å². The molecule has 27 heavy (non-hydrogen) atoms. The number of imide groups is 1. The summed E-state index contributed by atoms with van der Waals surface area (Å²) in [5, 5.41) is 8.94. The van der Waals surface area contributed by atoms with Crippen LogP contribution in [0.25, 0.3) is 16.7 Å². The molecule has 140 valence electrons. The lowest BCUT2D eigenvalue weighted by atomic mass is 10.3. The maximum atomic E-state index is 12.3. The molecule has 2 aromatic heterocycles. The van der Waals surface area contributed by atoms with Crippen LogP contribution in [0.15, 0.2) is 46.5 Å². The Labute approximate surface area is 158 Å². The van der Waals surface area contributed by atoms with Crippen LogP contribution in [0.4, 0.5) is 4.79 Å². The molecule has 0 saturated heterocycles. The fourth-order valence-electron chi connectivity index (χ4n) is 2.35. The largest absolute Gasteiger partial charge is 0.338 e. The lowest BCUT2D eigenvalue weighted by Gasteiger charge is -2.11. The molecule has 0 aliphatic heterocycles. The second kappa shape index (κ2) is 8.04. The number of aromatic nitrogens is 4. The van der Waals surface area contributed by atoms with E-state index in [1.165, 1.54) is 6.20 Å². The van der Waals surface area contributed by atoms with Crippen molar-refractivity contribution in [2.24, 2.45) is 0 Å². The Hall–Kier alpha value is -3.14. The standard InChI is InChI=1S/C17H18N6O3S/c1-3-18-16(26)21-14(24)10(2)27-17-20-13-12(15(25)22-17)9-19-23(13)11-7-5-4-6-8-11/h4-10H,3H2,1-2H3,(H,20,22,25)(H2,18,21,24,26)/t10-/m0/s1. The zero-order valence-electron chi connectivity index (χ0n) is 14.7. The lowest BCUT2D eigenvalue weighted by molar-refractivity contribution is -0.119. The van der Waals surface area contributed by atoms with Gasteiger partial charge in [-0.25, -0.2) is 14.5 Å². The van der Waals surface area contributed by atoms with E-state index in [-0.39, 0.29) is 10.7 Å². The van der Waals surface area contributed by atoms with E-state index in [2.05, 4.69) is 25.7 Å². The van der Waals surface area contributed by atoms with Gasteiger partial charge in [0.1, 0.15) is 5.39 Å². The minimum Gasteiger partial charge on any atom is -0.338 e. The molecule has 0 aliphatic rings. The summed E-state index contributed by atoms with van der Waals surface area (Å²) in [5.74, 6) is -0.481. The second-order valence-corrected chi connectivity index (χ2v) is 6.94. The summed E-state index contributed by atoms with van der Waals surface area (Å²) in [4.78, 5) is 43.0. The molecule has 0 fully saturated rings. The molecule has 3 aromatic rings. The van der Waals surface area contributed by atoms with E-state index in [4.69, 9.17) is 0 Å². The quantitative estimate of drug-likeness (QED) is 0.450. The molecule has 1 atom stereocenters. The summed E-state index contributed by atoms with van der Waals surface area (Å²) in [6, 6.07) is 8.74. The van der Waals surface area contributed by atoms with Crippen LogP contribution in [-0.2, 0) is 4.79 Å². The van der Waals surface area contributed by atoms with Crippen molar-refractivity contribution in [1.82, 2.24) is 30.4 Å². The van der Waals surface area contributed by atoms with E-state index in [9.17, 15) is 14.4 Å². The summed E-state index contributed by atoms with van der Waals surface area (Å²) >= 11 is 1.05. The van der Waals surface area contributed by atoms with Gasteiger partial charge >= 0.3 is 6.03 Å². The zero-order chi connectivity index (χ0) is 19.4. The number of carbonyl (C=O) groups excluding carboxylic acids is 2. The predicted octanol–water partition coefficient (Wildman–Crippen LogP) is 1.44. The summed E-state index contributed by atoms with van der Waals surface area (Å²) in [7, 11) is 0. The Bertz CT molecular complexity index is 1030. The van der Waals surface area contributed by atoms with Crippen LogP contribution in [-0.4, -0.2) is 43.5 Å². The van der Waals surface area contributed by atoms with Crippen LogP contribution < -0.4 is 16.2 Å². The number of carbonyl (C=O) groups is 2. The minimum absolute atomic E-state index is 0.267. The van der Waals surface area contributed by atoms with Crippen LogP contribution >= 0.6 is 11.8 Å². The van der Waals surface area contributed by atoms with Crippen molar-refractivity contribution in [1.29, 1.82) is 0 Å². The van der Waals surface area contributed by atoms with Gasteiger partial charge in [0.05, 0.1) is 17.1 Å². The molecule has 1 aromatic carbocycles. The highest BCUT2D eigenvalue weighted by Gasteiger charge is 2.19. The van der Waals surface area contributed by atoms with Crippen molar-refractivity contribution in [3.05, 3.63) is 46.9 Å². The maximum Gasteiger partial charge on any atom is 0.321 e. The van der Waals surface area contributed by atoms with E-state index in [0.29, 0.717) is 17.6 Å². The summed E-state index contributed by atoms with van der Waals surface area (Å²) in [5.41, 5.74) is 0.813. The highest BCUT2D eigenvalue weighted by Crippen LogP contribution is 2.21. The molecule has 10 heteroatoms. The van der Waals surface area contributed by atoms with Gasteiger partial charge in [-0.1, -0.05) is 30.0 Å². The van der Waals surface area contributed by atoms with Gasteiger partial charge in [0.2, 0.25) is 5.91 Å². The van der Waals surface area contributed by atoms with Crippen LogP contribution in [0, 0.1) is 0 Å². The number of rotatable bonds is 5. The summed E-state index contributed by atoms with van der Waals surface area (Å²) in [6.07, 6.45) is 1.45. The molecule has 0 saturated carbocycles. The van der Waals surface area contributed by atoms with Gasteiger partial charge in [0.15, 0.2) is 10.8 Å². The molecule has 3 N–H and O–H groups in total. The van der Waals surface area contributed by atoms with Gasteiger partial charge < -0.3 is 10.3 Å². The Morgan fingerprint density at radius 2 is 2.04 bits per heavy atom. The van der Waals surface area contributed by atoms with Crippen LogP contribution in [0.2, 0.25) is 0 Å². The smallest absolute Gasteiger partial charge is 0.321 e. The molecule has 0 spiro atoms. The fraction of sp³-hybridized carbons (Fsp3) is 0.235. The fourth-order valence-corrected chi connectivity index (χ4v) is 3.14. The van der Waals surface area contributed by atoms with Crippen LogP contribution in [0.5, 0.6) is 0 Å². The number of urea groups is 1. The number of thioether (sulfide) groups is 1. The number of nitrogens with one attached hydrogen (secondary N) is 3. The molecule has 3 rings (SSSR count). The number of nitrogens with zero attached hydrogens (tertiary/aromatic N) is 3. The zero-order valence-corrected chi connectivity index (χ0v) is 15.5. The monoisotopic (exact) mass is 386 g/mol. The first kappa shape index (κ1) is 18.6. The average molecular weight is 386 g/mol. The number of hydrogen-bond donors (Lipinski definition) is 3. The number of benzene rings is 1. The first-order valence-corrected chi connectivity index (χ1v) is 9.16. The third-order valence-corrected chi connectivity index (χ3v) is 4.63. The molecule has 0 aliphatic carbocycles. The third-order valence-electron chi connectivity index (χ3n) is 3.65. The van der Waals surface area contributed by atoms with Crippen molar-refractivity contribution in [3.8, 4) is 5.69 Å². The highest BCUT2D eigenvalue weighted by molar-refractivity contribution is 8.00. The lowest BCUT2D eigenvalue weighted by Crippen LogP contribution is -2.42. The Morgan fingerprint density at radius 3 is 2.74 bits per heavy atom. The second-order valence-electron chi connectivity index (χ2n) is 5.61. The van der Waals surface area contributed by atoms with E-state index in [0.717, 1.165) is 17.4 Å². The van der Waals surface area contributed by atoms with E-state index in [1.807, 2.05) is 30.3 Å². The van der Waals surface area contributed by atoms with Crippen LogP contribution in [0.1, 0.15) is 13.8 Å². The normalized spacial score (nSPS) is 11.9. The number of fused-ring (bicyclic) bond motifs is 1. The van der Waals surface area contributed by atoms with Gasteiger partial charge in [-0.05, 0) is 26.0 Å². The molecule has 0 radical (unpaired) electrons. The van der Waals surface area contributed by atoms with Gasteiger partial charge in [-0.2, -0.15) is 5.10 Å². The van der Waals surface area contributed by atoms with E-state index in [1.54, 1.807) is 18.5 Å². The number of aromatic amines is 1. The number of amides is 3. The Kier molecular flexibility index (Phi) is 5.55. The first-order chi connectivity index (χ1) is 13.0. The molecule has 2 heterocycles. The van der Waals surface area contributed by atoms with Crippen molar-refractivity contribution in [3.63, 3.8) is 0 Å². The highest BCUT2D eigenvalue weighted by atomic mass is 32.2. The minimum atomic E-state index is -0.638. The molecule has 3 amide bonds. The third kappa shape index (κ3) is 4.17. The Balaban J connectivity index is 1.86. The van der Waals surface area contributed by atoms with Gasteiger partial charge in [-0.3, -0.25) is 14.9 Å². The number of para-hydroxylation sites is 1. The van der Waals surface area contributed by atoms with Crippen molar-refractivity contribution in [2.45, 2.75) is 24.3 Å².